The summed E-state index contributed by atoms with van der Waals surface area (Å²) in [7, 11) is 0. The Labute approximate surface area is 150 Å². The topological polar surface area (TPSA) is 80.4 Å². The Hall–Kier alpha value is -2.13. The van der Waals surface area contributed by atoms with Gasteiger partial charge < -0.3 is 15.7 Å². The summed E-state index contributed by atoms with van der Waals surface area (Å²) < 4.78 is 13.9. The minimum atomic E-state index is -0.364. The van der Waals surface area contributed by atoms with E-state index in [0.717, 1.165) is 12.8 Å². The van der Waals surface area contributed by atoms with Gasteiger partial charge in [0, 0.05) is 25.3 Å². The average Bonchev–Trinajstić information content (AvgIpc) is 2.58. The quantitative estimate of drug-likeness (QED) is 0.473. The van der Waals surface area contributed by atoms with E-state index in [1.165, 1.54) is 18.2 Å². The van der Waals surface area contributed by atoms with E-state index in [0.29, 0.717) is 42.0 Å². The monoisotopic (exact) mass is 348 g/mol. The molecule has 0 fully saturated rings. The van der Waals surface area contributed by atoms with E-state index in [1.54, 1.807) is 0 Å². The number of aliphatic hydroxyl groups excluding tert-OH is 1. The van der Waals surface area contributed by atoms with Crippen LogP contribution in [0.15, 0.2) is 23.2 Å². The summed E-state index contributed by atoms with van der Waals surface area (Å²) >= 11 is 0. The van der Waals surface area contributed by atoms with Gasteiger partial charge in [0.15, 0.2) is 5.96 Å². The summed E-state index contributed by atoms with van der Waals surface area (Å²) in [6, 6.07) is 6.28. The molecule has 25 heavy (non-hydrogen) atoms. The lowest BCUT2D eigenvalue weighted by Crippen LogP contribution is -2.40. The van der Waals surface area contributed by atoms with Crippen molar-refractivity contribution in [3.05, 3.63) is 35.1 Å². The van der Waals surface area contributed by atoms with Crippen molar-refractivity contribution in [2.24, 2.45) is 16.8 Å². The number of rotatable bonds is 9. The van der Waals surface area contributed by atoms with Crippen molar-refractivity contribution < 1.29 is 9.50 Å². The molecule has 0 amide bonds. The van der Waals surface area contributed by atoms with E-state index in [1.807, 2.05) is 13.0 Å². The van der Waals surface area contributed by atoms with Gasteiger partial charge in [0.2, 0.25) is 0 Å². The molecular weight excluding hydrogens is 319 g/mol. The minimum Gasteiger partial charge on any atom is -0.396 e. The van der Waals surface area contributed by atoms with Gasteiger partial charge in [-0.05, 0) is 49.8 Å². The standard InChI is InChI=1S/C19H29FN4O/c1-4-22-19(23-12-16(7-8-25)9-14(2)3)24-13-17-10-15(11-21)5-6-18(17)20/h5-6,10,14,16,25H,4,7-9,12-13H2,1-3H3,(H2,22,23,24). The predicted molar refractivity (Wildman–Crippen MR) is 98.6 cm³/mol. The Balaban J connectivity index is 2.75. The zero-order chi connectivity index (χ0) is 18.7. The number of nitriles is 1. The molecule has 0 saturated carbocycles. The maximum atomic E-state index is 13.9. The van der Waals surface area contributed by atoms with Gasteiger partial charge in [-0.15, -0.1) is 0 Å². The summed E-state index contributed by atoms with van der Waals surface area (Å²) in [5.41, 5.74) is 0.815. The fourth-order valence-electron chi connectivity index (χ4n) is 2.66. The molecule has 0 heterocycles. The van der Waals surface area contributed by atoms with Gasteiger partial charge in [0.25, 0.3) is 0 Å². The first-order valence-electron chi connectivity index (χ1n) is 8.81. The highest BCUT2D eigenvalue weighted by atomic mass is 19.1. The van der Waals surface area contributed by atoms with Gasteiger partial charge in [-0.1, -0.05) is 13.8 Å². The van der Waals surface area contributed by atoms with Crippen LogP contribution in [0.4, 0.5) is 4.39 Å². The molecule has 0 aliphatic rings. The number of benzene rings is 1. The third-order valence-corrected chi connectivity index (χ3v) is 3.83. The van der Waals surface area contributed by atoms with E-state index >= 15 is 0 Å². The van der Waals surface area contributed by atoms with Gasteiger partial charge in [0.1, 0.15) is 5.82 Å². The molecule has 0 aliphatic heterocycles. The maximum absolute atomic E-state index is 13.9. The number of guanidine groups is 1. The van der Waals surface area contributed by atoms with Crippen LogP contribution in [0, 0.1) is 29.0 Å². The Morgan fingerprint density at radius 3 is 2.72 bits per heavy atom. The molecule has 6 heteroatoms. The first-order valence-corrected chi connectivity index (χ1v) is 8.81. The Bertz CT molecular complexity index is 596. The number of halogens is 1. The summed E-state index contributed by atoms with van der Waals surface area (Å²) in [4.78, 5) is 4.41. The fraction of sp³-hybridized carbons (Fsp3) is 0.579. The molecule has 0 bridgehead atoms. The van der Waals surface area contributed by atoms with Gasteiger partial charge in [-0.3, -0.25) is 0 Å². The summed E-state index contributed by atoms with van der Waals surface area (Å²) in [6.45, 7) is 8.01. The van der Waals surface area contributed by atoms with Crippen molar-refractivity contribution >= 4 is 5.96 Å². The van der Waals surface area contributed by atoms with E-state index in [4.69, 9.17) is 5.26 Å². The van der Waals surface area contributed by atoms with Crippen LogP contribution in [-0.4, -0.2) is 30.8 Å². The van der Waals surface area contributed by atoms with E-state index in [-0.39, 0.29) is 19.0 Å². The predicted octanol–water partition coefficient (Wildman–Crippen LogP) is 2.80. The number of aliphatic hydroxyl groups is 1. The molecule has 1 aromatic rings. The molecule has 0 radical (unpaired) electrons. The molecule has 1 unspecified atom stereocenters. The minimum absolute atomic E-state index is 0.158. The molecule has 0 saturated heterocycles. The second-order valence-corrected chi connectivity index (χ2v) is 6.50. The molecule has 138 valence electrons. The highest BCUT2D eigenvalue weighted by Crippen LogP contribution is 2.14. The van der Waals surface area contributed by atoms with Gasteiger partial charge in [-0.25, -0.2) is 9.38 Å². The first kappa shape index (κ1) is 20.9. The lowest BCUT2D eigenvalue weighted by molar-refractivity contribution is 0.243. The van der Waals surface area contributed by atoms with Gasteiger partial charge in [0.05, 0.1) is 18.2 Å². The van der Waals surface area contributed by atoms with Crippen LogP contribution in [0.1, 0.15) is 44.7 Å². The van der Waals surface area contributed by atoms with Crippen LogP contribution in [0.5, 0.6) is 0 Å². The summed E-state index contributed by atoms with van der Waals surface area (Å²) in [5.74, 6) is 1.15. The molecule has 5 nitrogen and oxygen atoms in total. The normalized spacial score (nSPS) is 12.8. The van der Waals surface area contributed by atoms with Crippen LogP contribution in [0.3, 0.4) is 0 Å². The molecule has 3 N–H and O–H groups in total. The maximum Gasteiger partial charge on any atom is 0.191 e. The van der Waals surface area contributed by atoms with Crippen molar-refractivity contribution in [3.8, 4) is 6.07 Å². The molecular formula is C19H29FN4O. The van der Waals surface area contributed by atoms with Crippen LogP contribution >= 0.6 is 0 Å². The molecule has 1 aromatic carbocycles. The van der Waals surface area contributed by atoms with Gasteiger partial charge in [-0.2, -0.15) is 5.26 Å². The van der Waals surface area contributed by atoms with Crippen molar-refractivity contribution in [3.63, 3.8) is 0 Å². The second-order valence-electron chi connectivity index (χ2n) is 6.50. The van der Waals surface area contributed by atoms with Crippen LogP contribution in [0.25, 0.3) is 0 Å². The fourth-order valence-corrected chi connectivity index (χ4v) is 2.66. The van der Waals surface area contributed by atoms with Gasteiger partial charge >= 0.3 is 0 Å². The molecule has 0 spiro atoms. The number of aliphatic imine (C=N–C) groups is 1. The Morgan fingerprint density at radius 2 is 2.12 bits per heavy atom. The largest absolute Gasteiger partial charge is 0.396 e. The van der Waals surface area contributed by atoms with Crippen molar-refractivity contribution in [1.29, 1.82) is 5.26 Å². The van der Waals surface area contributed by atoms with E-state index in [9.17, 15) is 9.50 Å². The zero-order valence-electron chi connectivity index (χ0n) is 15.3. The lowest BCUT2D eigenvalue weighted by atomic mass is 9.94. The summed E-state index contributed by atoms with van der Waals surface area (Å²) in [5, 5.41) is 24.5. The second kappa shape index (κ2) is 11.4. The number of hydrogen-bond acceptors (Lipinski definition) is 3. The van der Waals surface area contributed by atoms with Crippen molar-refractivity contribution in [1.82, 2.24) is 10.6 Å². The smallest absolute Gasteiger partial charge is 0.191 e. The zero-order valence-corrected chi connectivity index (χ0v) is 15.3. The number of hydrogen-bond donors (Lipinski definition) is 3. The third kappa shape index (κ3) is 7.99. The highest BCUT2D eigenvalue weighted by molar-refractivity contribution is 5.79. The Morgan fingerprint density at radius 1 is 1.36 bits per heavy atom. The molecule has 0 aromatic heterocycles. The van der Waals surface area contributed by atoms with E-state index < -0.39 is 0 Å². The lowest BCUT2D eigenvalue weighted by Gasteiger charge is -2.20. The third-order valence-electron chi connectivity index (χ3n) is 3.83. The molecule has 0 aliphatic carbocycles. The average molecular weight is 348 g/mol. The molecule has 1 rings (SSSR count). The van der Waals surface area contributed by atoms with E-state index in [2.05, 4.69) is 29.5 Å². The summed E-state index contributed by atoms with van der Waals surface area (Å²) in [6.07, 6.45) is 1.76. The SMILES string of the molecule is CCNC(=NCc1cc(C#N)ccc1F)NCC(CCO)CC(C)C. The van der Waals surface area contributed by atoms with Crippen LogP contribution in [0.2, 0.25) is 0 Å². The molecule has 1 atom stereocenters. The van der Waals surface area contributed by atoms with Crippen LogP contribution < -0.4 is 10.6 Å². The van der Waals surface area contributed by atoms with Crippen molar-refractivity contribution in [2.75, 3.05) is 19.7 Å². The number of nitrogens with zero attached hydrogens (tertiary/aromatic N) is 2. The number of nitrogens with one attached hydrogen (secondary N) is 2. The Kier molecular flexibility index (Phi) is 9.56. The highest BCUT2D eigenvalue weighted by Gasteiger charge is 2.11. The van der Waals surface area contributed by atoms with Crippen LogP contribution in [-0.2, 0) is 6.54 Å². The van der Waals surface area contributed by atoms with Crippen molar-refractivity contribution in [2.45, 2.75) is 40.2 Å². The first-order chi connectivity index (χ1) is 12.0.